The molecule has 0 atom stereocenters. The molecule has 0 radical (unpaired) electrons. The third-order valence-corrected chi connectivity index (χ3v) is 13.5. The summed E-state index contributed by atoms with van der Waals surface area (Å²) in [7, 11) is 0. The Morgan fingerprint density at radius 2 is 0.846 bits per heavy atom. The summed E-state index contributed by atoms with van der Waals surface area (Å²) in [6.45, 7) is 13.5. The molecule has 0 fully saturated rings. The van der Waals surface area contributed by atoms with E-state index in [1.54, 1.807) is 0 Å². The zero-order valence-electron chi connectivity index (χ0n) is 37.1. The lowest BCUT2D eigenvalue weighted by molar-refractivity contribution is 0.173. The lowest BCUT2D eigenvalue weighted by Crippen LogP contribution is -2.60. The molecule has 8 nitrogen and oxygen atoms in total. The minimum absolute atomic E-state index is 0.111. The highest BCUT2D eigenvalue weighted by molar-refractivity contribution is 6.99. The molecule has 65 heavy (non-hydrogen) atoms. The van der Waals surface area contributed by atoms with Crippen molar-refractivity contribution in [2.24, 2.45) is 0 Å². The first-order valence-corrected chi connectivity index (χ1v) is 22.3. The standard InChI is InChI=1S/C56H45BN2O6/c1-55(2,3)34-20-22-44-38(24-34)51-53(64-44)57-50-40(58(51)42-28-48-46(60-30-62-48)26-36(42)32-14-9-7-10-15-32)18-13-19-41(50)59(52-39-25-35(56(4,5)6)21-23-45(39)65-54(52)57)43-29-49-47(61-31-63-49)27-37(43)33-16-11-8-12-17-33/h7-29H,30-31H2,1-6H3. The number of anilines is 6. The van der Waals surface area contributed by atoms with E-state index in [1.807, 2.05) is 0 Å². The van der Waals surface area contributed by atoms with Crippen molar-refractivity contribution in [2.45, 2.75) is 52.4 Å². The highest BCUT2D eigenvalue weighted by atomic mass is 16.7. The molecule has 0 aliphatic carbocycles. The molecular formula is C56H45BN2O6. The van der Waals surface area contributed by atoms with Crippen LogP contribution >= 0.6 is 0 Å². The summed E-state index contributed by atoms with van der Waals surface area (Å²) in [6, 6.07) is 49.5. The van der Waals surface area contributed by atoms with Crippen LogP contribution in [0.4, 0.5) is 34.1 Å². The van der Waals surface area contributed by atoms with E-state index in [0.717, 1.165) is 95.1 Å². The topological polar surface area (TPSA) is 69.7 Å². The summed E-state index contributed by atoms with van der Waals surface area (Å²) in [5.74, 6) is 2.82. The largest absolute Gasteiger partial charge is 0.468 e. The van der Waals surface area contributed by atoms with Gasteiger partial charge in [0.2, 0.25) is 13.6 Å². The van der Waals surface area contributed by atoms with Crippen LogP contribution in [0.5, 0.6) is 23.0 Å². The number of nitrogens with zero attached hydrogens (tertiary/aromatic N) is 2. The van der Waals surface area contributed by atoms with Crippen molar-refractivity contribution in [3.05, 3.63) is 151 Å². The Labute approximate surface area is 377 Å². The number of hydrogen-bond acceptors (Lipinski definition) is 8. The Morgan fingerprint density at radius 3 is 1.26 bits per heavy atom. The average Bonchev–Trinajstić information content (AvgIpc) is 4.13. The minimum Gasteiger partial charge on any atom is -0.468 e. The van der Waals surface area contributed by atoms with E-state index in [2.05, 4.69) is 191 Å². The van der Waals surface area contributed by atoms with Gasteiger partial charge in [0.1, 0.15) is 22.5 Å². The van der Waals surface area contributed by atoms with Crippen LogP contribution in [0, 0.1) is 0 Å². The van der Waals surface area contributed by atoms with E-state index in [4.69, 9.17) is 27.8 Å². The molecule has 0 amide bonds. The van der Waals surface area contributed by atoms with Gasteiger partial charge in [-0.25, -0.2) is 0 Å². The number of rotatable bonds is 4. The van der Waals surface area contributed by atoms with Crippen LogP contribution in [0.3, 0.4) is 0 Å². The predicted octanol–water partition coefficient (Wildman–Crippen LogP) is 12.6. The summed E-state index contributed by atoms with van der Waals surface area (Å²) < 4.78 is 39.1. The average molecular weight is 853 g/mol. The summed E-state index contributed by atoms with van der Waals surface area (Å²) in [5, 5.41) is 2.05. The lowest BCUT2D eigenvalue weighted by atomic mass is 9.37. The highest BCUT2D eigenvalue weighted by Gasteiger charge is 2.50. The molecule has 9 heteroatoms. The van der Waals surface area contributed by atoms with E-state index in [9.17, 15) is 0 Å². The number of ether oxygens (including phenoxy) is 4. The van der Waals surface area contributed by atoms with Gasteiger partial charge in [0.25, 0.3) is 0 Å². The first-order chi connectivity index (χ1) is 31.5. The van der Waals surface area contributed by atoms with Gasteiger partial charge in [0.05, 0.1) is 22.7 Å². The first-order valence-electron chi connectivity index (χ1n) is 22.3. The van der Waals surface area contributed by atoms with Gasteiger partial charge in [-0.05, 0) is 87.1 Å². The van der Waals surface area contributed by atoms with Crippen LogP contribution in [-0.4, -0.2) is 20.3 Å². The maximum Gasteiger partial charge on any atom is 0.342 e. The number of hydrogen-bond donors (Lipinski definition) is 0. The third kappa shape index (κ3) is 5.64. The summed E-state index contributed by atoms with van der Waals surface area (Å²) in [5.41, 5.74) is 16.5. The molecule has 4 aliphatic heterocycles. The SMILES string of the molecule is CC(C)(C)c1ccc2oc3c(c2c1)N(c1cc2c(cc1-c1ccccc1)OCO2)c1cccc2c1B3c1oc3ccc(C(C)(C)C)cc3c1N2c1cc2c(cc1-c1ccccc1)OCO2. The van der Waals surface area contributed by atoms with Crippen molar-refractivity contribution in [2.75, 3.05) is 23.4 Å². The van der Waals surface area contributed by atoms with Gasteiger partial charge in [-0.3, -0.25) is 0 Å². The fourth-order valence-corrected chi connectivity index (χ4v) is 10.3. The van der Waals surface area contributed by atoms with E-state index < -0.39 is 6.71 Å². The molecule has 0 spiro atoms. The van der Waals surface area contributed by atoms with Crippen molar-refractivity contribution in [3.8, 4) is 45.3 Å². The van der Waals surface area contributed by atoms with Gasteiger partial charge in [0, 0.05) is 45.4 Å². The second-order valence-corrected chi connectivity index (χ2v) is 19.5. The molecule has 318 valence electrons. The Hall–Kier alpha value is -7.52. The van der Waals surface area contributed by atoms with E-state index in [1.165, 1.54) is 11.1 Å². The minimum atomic E-state index is -0.405. The van der Waals surface area contributed by atoms with Crippen LogP contribution in [0.25, 0.3) is 44.2 Å². The molecule has 13 rings (SSSR count). The molecule has 2 aromatic heterocycles. The predicted molar refractivity (Wildman–Crippen MR) is 261 cm³/mol. The Balaban J connectivity index is 1.17. The van der Waals surface area contributed by atoms with Crippen LogP contribution in [0.15, 0.2) is 148 Å². The van der Waals surface area contributed by atoms with Crippen LogP contribution < -0.4 is 45.5 Å². The first kappa shape index (κ1) is 38.0. The van der Waals surface area contributed by atoms with E-state index in [-0.39, 0.29) is 24.4 Å². The van der Waals surface area contributed by atoms with Gasteiger partial charge < -0.3 is 37.6 Å². The molecule has 4 aliphatic rings. The summed E-state index contributed by atoms with van der Waals surface area (Å²) >= 11 is 0. The van der Waals surface area contributed by atoms with Crippen LogP contribution in [0.1, 0.15) is 52.7 Å². The zero-order chi connectivity index (χ0) is 43.9. The van der Waals surface area contributed by atoms with Crippen molar-refractivity contribution >= 4 is 79.6 Å². The van der Waals surface area contributed by atoms with Gasteiger partial charge >= 0.3 is 6.71 Å². The smallest absolute Gasteiger partial charge is 0.342 e. The molecule has 7 aromatic carbocycles. The van der Waals surface area contributed by atoms with Crippen molar-refractivity contribution in [1.29, 1.82) is 0 Å². The summed E-state index contributed by atoms with van der Waals surface area (Å²) in [6.07, 6.45) is 0. The summed E-state index contributed by atoms with van der Waals surface area (Å²) in [4.78, 5) is 4.79. The van der Waals surface area contributed by atoms with E-state index in [0.29, 0.717) is 23.0 Å². The maximum absolute atomic E-state index is 7.31. The van der Waals surface area contributed by atoms with Gasteiger partial charge in [-0.2, -0.15) is 0 Å². The fourth-order valence-electron chi connectivity index (χ4n) is 10.3. The second-order valence-electron chi connectivity index (χ2n) is 19.5. The lowest BCUT2D eigenvalue weighted by Gasteiger charge is -2.41. The van der Waals surface area contributed by atoms with Crippen molar-refractivity contribution in [3.63, 3.8) is 0 Å². The van der Waals surface area contributed by atoms with Gasteiger partial charge in [-0.15, -0.1) is 0 Å². The Morgan fingerprint density at radius 1 is 0.431 bits per heavy atom. The molecule has 0 unspecified atom stereocenters. The second kappa shape index (κ2) is 13.5. The molecule has 6 heterocycles. The van der Waals surface area contributed by atoms with E-state index >= 15 is 0 Å². The molecule has 0 saturated carbocycles. The molecule has 9 aromatic rings. The Kier molecular flexibility index (Phi) is 7.89. The number of furan rings is 2. The van der Waals surface area contributed by atoms with Crippen LogP contribution in [0.2, 0.25) is 0 Å². The third-order valence-electron chi connectivity index (χ3n) is 13.5. The molecule has 0 bridgehead atoms. The van der Waals surface area contributed by atoms with Gasteiger partial charge in [0.15, 0.2) is 23.0 Å². The monoisotopic (exact) mass is 852 g/mol. The fraction of sp³-hybridized carbons (Fsp3) is 0.179. The van der Waals surface area contributed by atoms with Crippen molar-refractivity contribution < 1.29 is 27.8 Å². The van der Waals surface area contributed by atoms with Crippen LogP contribution in [-0.2, 0) is 10.8 Å². The molecular weight excluding hydrogens is 807 g/mol. The number of fused-ring (bicyclic) bond motifs is 10. The number of benzene rings is 7. The molecule has 0 N–H and O–H groups in total. The Bertz CT molecular complexity index is 3210. The van der Waals surface area contributed by atoms with Crippen molar-refractivity contribution in [1.82, 2.24) is 0 Å². The maximum atomic E-state index is 7.31. The molecule has 0 saturated heterocycles. The highest BCUT2D eigenvalue weighted by Crippen LogP contribution is 2.55. The zero-order valence-corrected chi connectivity index (χ0v) is 37.1. The van der Waals surface area contributed by atoms with Gasteiger partial charge in [-0.1, -0.05) is 120 Å². The quantitative estimate of drug-likeness (QED) is 0.162. The normalized spacial score (nSPS) is 14.6.